The smallest absolute Gasteiger partial charge is 0.194 e. The molecule has 0 bridgehead atoms. The number of guanidine groups is 1. The fourth-order valence-electron chi connectivity index (χ4n) is 3.94. The van der Waals surface area contributed by atoms with E-state index in [1.54, 1.807) is 6.26 Å². The minimum atomic E-state index is 0.568. The van der Waals surface area contributed by atoms with Gasteiger partial charge in [0.1, 0.15) is 5.76 Å². The average molecular weight is 363 g/mol. The van der Waals surface area contributed by atoms with E-state index in [1.807, 2.05) is 12.1 Å². The first kappa shape index (κ1) is 19.2. The van der Waals surface area contributed by atoms with Gasteiger partial charge in [-0.1, -0.05) is 13.8 Å². The lowest BCUT2D eigenvalue weighted by Crippen LogP contribution is -2.44. The molecule has 6 heteroatoms. The van der Waals surface area contributed by atoms with E-state index in [0.717, 1.165) is 77.0 Å². The van der Waals surface area contributed by atoms with Crippen LogP contribution in [0.4, 0.5) is 0 Å². The van der Waals surface area contributed by atoms with Gasteiger partial charge in [-0.25, -0.2) is 0 Å². The molecule has 1 N–H and O–H groups in total. The molecule has 2 atom stereocenters. The highest BCUT2D eigenvalue weighted by molar-refractivity contribution is 5.80. The number of likely N-dealkylation sites (tertiary alicyclic amines) is 1. The lowest BCUT2D eigenvalue weighted by Gasteiger charge is -2.27. The Morgan fingerprint density at radius 2 is 2.23 bits per heavy atom. The number of rotatable bonds is 8. The van der Waals surface area contributed by atoms with E-state index in [0.29, 0.717) is 12.0 Å². The third-order valence-corrected chi connectivity index (χ3v) is 5.55. The summed E-state index contributed by atoms with van der Waals surface area (Å²) in [5.41, 5.74) is 0. The van der Waals surface area contributed by atoms with Gasteiger partial charge in [0.2, 0.25) is 0 Å². The van der Waals surface area contributed by atoms with E-state index in [-0.39, 0.29) is 0 Å². The second-order valence-corrected chi connectivity index (χ2v) is 7.26. The molecule has 2 unspecified atom stereocenters. The van der Waals surface area contributed by atoms with Crippen LogP contribution in [0.15, 0.2) is 27.8 Å². The molecule has 0 saturated carbocycles. The van der Waals surface area contributed by atoms with Gasteiger partial charge in [-0.2, -0.15) is 0 Å². The molecule has 0 aliphatic carbocycles. The zero-order chi connectivity index (χ0) is 18.2. The fourth-order valence-corrected chi connectivity index (χ4v) is 3.94. The lowest BCUT2D eigenvalue weighted by molar-refractivity contribution is 0.187. The zero-order valence-corrected chi connectivity index (χ0v) is 16.3. The number of hydrogen-bond acceptors (Lipinski definition) is 4. The molecule has 6 nitrogen and oxygen atoms in total. The molecule has 0 amide bonds. The van der Waals surface area contributed by atoms with Gasteiger partial charge in [-0.15, -0.1) is 0 Å². The lowest BCUT2D eigenvalue weighted by atomic mass is 10.1. The maximum absolute atomic E-state index is 5.50. The van der Waals surface area contributed by atoms with Crippen molar-refractivity contribution in [1.82, 2.24) is 15.1 Å². The van der Waals surface area contributed by atoms with Crippen LogP contribution in [-0.4, -0.2) is 74.3 Å². The summed E-state index contributed by atoms with van der Waals surface area (Å²) in [6.07, 6.45) is 4.96. The Morgan fingerprint density at radius 1 is 1.35 bits per heavy atom. The van der Waals surface area contributed by atoms with Crippen molar-refractivity contribution in [1.29, 1.82) is 0 Å². The molecule has 0 spiro atoms. The largest absolute Gasteiger partial charge is 0.469 e. The Balaban J connectivity index is 1.57. The second-order valence-electron chi connectivity index (χ2n) is 7.26. The van der Waals surface area contributed by atoms with Crippen LogP contribution < -0.4 is 5.32 Å². The van der Waals surface area contributed by atoms with Crippen LogP contribution in [0.25, 0.3) is 0 Å². The summed E-state index contributed by atoms with van der Waals surface area (Å²) in [6, 6.07) is 4.61. The van der Waals surface area contributed by atoms with Crippen LogP contribution in [0.2, 0.25) is 0 Å². The van der Waals surface area contributed by atoms with Crippen LogP contribution in [-0.2, 0) is 11.2 Å². The molecule has 2 aliphatic rings. The first-order valence-corrected chi connectivity index (χ1v) is 10.2. The quantitative estimate of drug-likeness (QED) is 0.568. The monoisotopic (exact) mass is 362 g/mol. The predicted molar refractivity (Wildman–Crippen MR) is 105 cm³/mol. The number of hydrogen-bond donors (Lipinski definition) is 1. The van der Waals surface area contributed by atoms with Crippen molar-refractivity contribution < 1.29 is 9.15 Å². The van der Waals surface area contributed by atoms with Gasteiger partial charge in [0.25, 0.3) is 0 Å². The molecule has 26 heavy (non-hydrogen) atoms. The van der Waals surface area contributed by atoms with Crippen molar-refractivity contribution in [3.8, 4) is 0 Å². The molecule has 1 aromatic heterocycles. The third kappa shape index (κ3) is 5.24. The van der Waals surface area contributed by atoms with E-state index in [4.69, 9.17) is 14.1 Å². The van der Waals surface area contributed by atoms with Crippen LogP contribution in [0.3, 0.4) is 0 Å². The second kappa shape index (κ2) is 9.97. The summed E-state index contributed by atoms with van der Waals surface area (Å²) >= 11 is 0. The van der Waals surface area contributed by atoms with Crippen molar-refractivity contribution in [3.63, 3.8) is 0 Å². The van der Waals surface area contributed by atoms with Gasteiger partial charge < -0.3 is 19.4 Å². The highest BCUT2D eigenvalue weighted by Gasteiger charge is 2.28. The first-order chi connectivity index (χ1) is 12.8. The van der Waals surface area contributed by atoms with Crippen LogP contribution in [0.5, 0.6) is 0 Å². The third-order valence-electron chi connectivity index (χ3n) is 5.55. The summed E-state index contributed by atoms with van der Waals surface area (Å²) in [7, 11) is 0. The Hall–Kier alpha value is -1.53. The number of aliphatic imine (C=N–C) groups is 1. The number of furan rings is 1. The SMILES string of the molecule is CCN(CC)C1CCN(C(=NCC2CCOC2)NCCc2ccco2)C1. The van der Waals surface area contributed by atoms with Gasteiger partial charge in [0, 0.05) is 51.2 Å². The van der Waals surface area contributed by atoms with E-state index in [1.165, 1.54) is 6.42 Å². The standard InChI is InChI=1S/C20H34N4O2/c1-3-23(4-2)18-8-11-24(15-18)20(22-14-17-9-13-25-16-17)21-10-7-19-6-5-12-26-19/h5-6,12,17-18H,3-4,7-11,13-16H2,1-2H3,(H,21,22). The molecule has 146 valence electrons. The van der Waals surface area contributed by atoms with Gasteiger partial charge in [-0.05, 0) is 38.1 Å². The van der Waals surface area contributed by atoms with E-state index in [9.17, 15) is 0 Å². The van der Waals surface area contributed by atoms with Gasteiger partial charge >= 0.3 is 0 Å². The van der Waals surface area contributed by atoms with Gasteiger partial charge in [0.15, 0.2) is 5.96 Å². The fraction of sp³-hybridized carbons (Fsp3) is 0.750. The first-order valence-electron chi connectivity index (χ1n) is 10.2. The summed E-state index contributed by atoms with van der Waals surface area (Å²) in [6.45, 7) is 12.3. The maximum atomic E-state index is 5.50. The van der Waals surface area contributed by atoms with E-state index < -0.39 is 0 Å². The highest BCUT2D eigenvalue weighted by Crippen LogP contribution is 2.17. The molecule has 2 saturated heterocycles. The molecular formula is C20H34N4O2. The van der Waals surface area contributed by atoms with Crippen LogP contribution in [0.1, 0.15) is 32.4 Å². The Labute approximate surface area is 157 Å². The summed E-state index contributed by atoms with van der Waals surface area (Å²) < 4.78 is 10.9. The normalized spacial score (nSPS) is 24.0. The summed E-state index contributed by atoms with van der Waals surface area (Å²) in [5.74, 6) is 2.64. The van der Waals surface area contributed by atoms with Gasteiger partial charge in [0.05, 0.1) is 12.9 Å². The molecule has 2 fully saturated rings. The number of likely N-dealkylation sites (N-methyl/N-ethyl adjacent to an activating group) is 1. The molecule has 0 radical (unpaired) electrons. The molecule has 0 aromatic carbocycles. The molecule has 1 aromatic rings. The molecule has 3 heterocycles. The van der Waals surface area contributed by atoms with Crippen molar-refractivity contribution in [2.24, 2.45) is 10.9 Å². The van der Waals surface area contributed by atoms with Crippen LogP contribution in [0, 0.1) is 5.92 Å². The zero-order valence-electron chi connectivity index (χ0n) is 16.3. The van der Waals surface area contributed by atoms with Crippen molar-refractivity contribution in [2.45, 2.75) is 39.2 Å². The number of ether oxygens (including phenoxy) is 1. The number of nitrogens with zero attached hydrogens (tertiary/aromatic N) is 3. The Kier molecular flexibility index (Phi) is 7.38. The van der Waals surface area contributed by atoms with E-state index in [2.05, 4.69) is 29.0 Å². The summed E-state index contributed by atoms with van der Waals surface area (Å²) in [4.78, 5) is 9.95. The minimum Gasteiger partial charge on any atom is -0.469 e. The number of nitrogens with one attached hydrogen (secondary N) is 1. The molecule has 2 aliphatic heterocycles. The van der Waals surface area contributed by atoms with Crippen molar-refractivity contribution in [2.75, 3.05) is 52.5 Å². The maximum Gasteiger partial charge on any atom is 0.194 e. The summed E-state index contributed by atoms with van der Waals surface area (Å²) in [5, 5.41) is 3.58. The van der Waals surface area contributed by atoms with Crippen molar-refractivity contribution >= 4 is 5.96 Å². The predicted octanol–water partition coefficient (Wildman–Crippen LogP) is 2.22. The highest BCUT2D eigenvalue weighted by atomic mass is 16.5. The average Bonchev–Trinajstić information content (AvgIpc) is 3.41. The minimum absolute atomic E-state index is 0.568. The van der Waals surface area contributed by atoms with Gasteiger partial charge in [-0.3, -0.25) is 9.89 Å². The Bertz CT molecular complexity index is 536. The van der Waals surface area contributed by atoms with Crippen LogP contribution >= 0.6 is 0 Å². The molecular weight excluding hydrogens is 328 g/mol. The van der Waals surface area contributed by atoms with Crippen molar-refractivity contribution in [3.05, 3.63) is 24.2 Å². The topological polar surface area (TPSA) is 53.2 Å². The van der Waals surface area contributed by atoms with E-state index >= 15 is 0 Å². The molecule has 3 rings (SSSR count). The Morgan fingerprint density at radius 3 is 2.92 bits per heavy atom.